The molecular weight excluding hydrogens is 444 g/mol. The van der Waals surface area contributed by atoms with Crippen LogP contribution < -0.4 is 4.74 Å². The van der Waals surface area contributed by atoms with Crippen molar-refractivity contribution in [1.29, 1.82) is 0 Å². The first kappa shape index (κ1) is 26.9. The molecule has 0 aromatic heterocycles. The molecule has 1 aromatic carbocycles. The highest BCUT2D eigenvalue weighted by atomic mass is 19.4. The molecule has 5 atom stereocenters. The Kier molecular flexibility index (Phi) is 10.4. The maximum atomic E-state index is 14.4. The number of aliphatic hydroxyl groups excluding tert-OH is 2. The predicted molar refractivity (Wildman–Crippen MR) is 114 cm³/mol. The maximum absolute atomic E-state index is 14.4. The highest BCUT2D eigenvalue weighted by molar-refractivity contribution is 5.69. The van der Waals surface area contributed by atoms with Gasteiger partial charge in [-0.15, -0.1) is 0 Å². The normalized spacial score (nSPS) is 24.5. The lowest BCUT2D eigenvalue weighted by atomic mass is 9.90. The molecule has 1 aromatic rings. The third-order valence-corrected chi connectivity index (χ3v) is 5.56. The van der Waals surface area contributed by atoms with Gasteiger partial charge >= 0.3 is 12.1 Å². The maximum Gasteiger partial charge on any atom is 0.416 e. The topological polar surface area (TPSA) is 76.0 Å². The quantitative estimate of drug-likeness (QED) is 0.212. The zero-order chi connectivity index (χ0) is 24.4. The predicted octanol–water partition coefficient (Wildman–Crippen LogP) is 4.63. The average Bonchev–Trinajstić information content (AvgIpc) is 3.04. The SMILES string of the molecule is COC(=O)CCC/C=C\C[C@H]1C(O)CC(F)[C@@H]1/C=C/C(O)COc1cccc(C(F)(F)F)c1. The number of allylic oxidation sites excluding steroid dienone is 3. The Labute approximate surface area is 190 Å². The largest absolute Gasteiger partial charge is 0.491 e. The first-order chi connectivity index (χ1) is 15.6. The fourth-order valence-electron chi connectivity index (χ4n) is 3.76. The lowest BCUT2D eigenvalue weighted by Gasteiger charge is -2.19. The zero-order valence-electron chi connectivity index (χ0n) is 18.4. The molecule has 0 heterocycles. The second kappa shape index (κ2) is 12.7. The summed E-state index contributed by atoms with van der Waals surface area (Å²) in [6.45, 7) is -0.297. The Morgan fingerprint density at radius 3 is 2.76 bits per heavy atom. The molecular formula is C24H30F4O5. The lowest BCUT2D eigenvalue weighted by Crippen LogP contribution is -2.20. The monoisotopic (exact) mass is 474 g/mol. The Morgan fingerprint density at radius 2 is 2.06 bits per heavy atom. The molecule has 0 spiro atoms. The van der Waals surface area contributed by atoms with Crippen molar-refractivity contribution in [3.63, 3.8) is 0 Å². The van der Waals surface area contributed by atoms with Gasteiger partial charge in [0.25, 0.3) is 0 Å². The standard InChI is InChI=1S/C24H30F4O5/c1-32-23(31)10-5-3-2-4-9-20-19(21(25)14-22(20)30)12-11-17(29)15-33-18-8-6-7-16(13-18)24(26,27)28/h2,4,6-8,11-13,17,19-22,29-30H,3,5,9-10,14-15H2,1H3/b4-2-,12-11+/t17?,19-,20-,21?,22?/m1/s1. The van der Waals surface area contributed by atoms with Crippen molar-refractivity contribution in [2.75, 3.05) is 13.7 Å². The van der Waals surface area contributed by atoms with Crippen molar-refractivity contribution < 1.29 is 42.0 Å². The van der Waals surface area contributed by atoms with Gasteiger partial charge in [-0.2, -0.15) is 13.2 Å². The first-order valence-corrected chi connectivity index (χ1v) is 10.8. The van der Waals surface area contributed by atoms with E-state index in [2.05, 4.69) is 4.74 Å². The number of unbranched alkanes of at least 4 members (excludes halogenated alkanes) is 1. The smallest absolute Gasteiger partial charge is 0.416 e. The molecule has 0 bridgehead atoms. The summed E-state index contributed by atoms with van der Waals surface area (Å²) in [6.07, 6.45) is 0.833. The Bertz CT molecular complexity index is 808. The third-order valence-electron chi connectivity index (χ3n) is 5.56. The molecule has 0 saturated heterocycles. The van der Waals surface area contributed by atoms with Crippen molar-refractivity contribution in [2.24, 2.45) is 11.8 Å². The van der Waals surface area contributed by atoms with Crippen LogP contribution in [0.2, 0.25) is 0 Å². The molecule has 33 heavy (non-hydrogen) atoms. The summed E-state index contributed by atoms with van der Waals surface area (Å²) >= 11 is 0. The second-order valence-corrected chi connectivity index (χ2v) is 8.02. The number of benzene rings is 1. The van der Waals surface area contributed by atoms with Crippen LogP contribution in [-0.4, -0.2) is 48.3 Å². The third kappa shape index (κ3) is 8.81. The molecule has 184 valence electrons. The van der Waals surface area contributed by atoms with Gasteiger partial charge in [-0.25, -0.2) is 4.39 Å². The first-order valence-electron chi connectivity index (χ1n) is 10.8. The van der Waals surface area contributed by atoms with Crippen molar-refractivity contribution >= 4 is 5.97 Å². The summed E-state index contributed by atoms with van der Waals surface area (Å²) in [6, 6.07) is 4.32. The number of hydrogen-bond acceptors (Lipinski definition) is 5. The van der Waals surface area contributed by atoms with E-state index < -0.39 is 36.0 Å². The number of halogens is 4. The van der Waals surface area contributed by atoms with E-state index >= 15 is 0 Å². The highest BCUT2D eigenvalue weighted by Crippen LogP contribution is 2.38. The molecule has 1 aliphatic rings. The van der Waals surface area contributed by atoms with Crippen molar-refractivity contribution in [3.8, 4) is 5.75 Å². The number of aliphatic hydroxyl groups is 2. The van der Waals surface area contributed by atoms with Crippen LogP contribution in [0.1, 0.15) is 37.7 Å². The van der Waals surface area contributed by atoms with Crippen LogP contribution >= 0.6 is 0 Å². The molecule has 1 saturated carbocycles. The summed E-state index contributed by atoms with van der Waals surface area (Å²) < 4.78 is 62.5. The van der Waals surface area contributed by atoms with Crippen molar-refractivity contribution in [3.05, 3.63) is 54.1 Å². The zero-order valence-corrected chi connectivity index (χ0v) is 18.4. The Morgan fingerprint density at radius 1 is 1.30 bits per heavy atom. The van der Waals surface area contributed by atoms with E-state index in [-0.39, 0.29) is 30.7 Å². The molecule has 2 N–H and O–H groups in total. The molecule has 0 aliphatic heterocycles. The molecule has 2 rings (SSSR count). The number of alkyl halides is 4. The van der Waals surface area contributed by atoms with Gasteiger partial charge in [0.15, 0.2) is 0 Å². The van der Waals surface area contributed by atoms with Crippen LogP contribution in [0.15, 0.2) is 48.6 Å². The number of esters is 1. The summed E-state index contributed by atoms with van der Waals surface area (Å²) in [5.74, 6) is -1.30. The minimum Gasteiger partial charge on any atom is -0.491 e. The number of ether oxygens (including phenoxy) is 2. The minimum absolute atomic E-state index is 0.00726. The van der Waals surface area contributed by atoms with Gasteiger partial charge in [0.1, 0.15) is 24.6 Å². The molecule has 9 heteroatoms. The van der Waals surface area contributed by atoms with E-state index in [0.29, 0.717) is 25.7 Å². The number of methoxy groups -OCH3 is 1. The summed E-state index contributed by atoms with van der Waals surface area (Å²) in [7, 11) is 1.33. The molecule has 3 unspecified atom stereocenters. The van der Waals surface area contributed by atoms with Crippen LogP contribution in [0.4, 0.5) is 17.6 Å². The fraction of sp³-hybridized carbons (Fsp3) is 0.542. The summed E-state index contributed by atoms with van der Waals surface area (Å²) in [5.41, 5.74) is -0.855. The van der Waals surface area contributed by atoms with Gasteiger partial charge in [0.05, 0.1) is 18.8 Å². The van der Waals surface area contributed by atoms with Crippen molar-refractivity contribution in [2.45, 2.75) is 56.7 Å². The summed E-state index contributed by atoms with van der Waals surface area (Å²) in [4.78, 5) is 11.1. The van der Waals surface area contributed by atoms with Crippen LogP contribution in [0.5, 0.6) is 5.75 Å². The number of carbonyl (C=O) groups is 1. The number of carbonyl (C=O) groups excluding carboxylic acids is 1. The highest BCUT2D eigenvalue weighted by Gasteiger charge is 2.40. The van der Waals surface area contributed by atoms with Crippen LogP contribution in [-0.2, 0) is 15.7 Å². The van der Waals surface area contributed by atoms with E-state index in [1.54, 1.807) is 0 Å². The molecule has 0 radical (unpaired) electrons. The average molecular weight is 474 g/mol. The van der Waals surface area contributed by atoms with E-state index in [1.807, 2.05) is 12.2 Å². The van der Waals surface area contributed by atoms with Crippen LogP contribution in [0.25, 0.3) is 0 Å². The van der Waals surface area contributed by atoms with E-state index in [1.165, 1.54) is 31.4 Å². The van der Waals surface area contributed by atoms with Gasteiger partial charge in [0.2, 0.25) is 0 Å². The molecule has 0 amide bonds. The van der Waals surface area contributed by atoms with Gasteiger partial charge < -0.3 is 19.7 Å². The van der Waals surface area contributed by atoms with E-state index in [0.717, 1.165) is 12.1 Å². The van der Waals surface area contributed by atoms with Gasteiger partial charge in [-0.05, 0) is 43.4 Å². The molecule has 1 fully saturated rings. The number of hydrogen-bond donors (Lipinski definition) is 2. The van der Waals surface area contributed by atoms with Gasteiger partial charge in [-0.1, -0.05) is 30.4 Å². The van der Waals surface area contributed by atoms with E-state index in [4.69, 9.17) is 4.74 Å². The lowest BCUT2D eigenvalue weighted by molar-refractivity contribution is -0.140. The Balaban J connectivity index is 1.86. The molecule has 1 aliphatic carbocycles. The number of rotatable bonds is 11. The second-order valence-electron chi connectivity index (χ2n) is 8.02. The molecule has 5 nitrogen and oxygen atoms in total. The minimum atomic E-state index is -4.50. The van der Waals surface area contributed by atoms with Crippen LogP contribution in [0, 0.1) is 11.8 Å². The van der Waals surface area contributed by atoms with E-state index in [9.17, 15) is 32.6 Å². The summed E-state index contributed by atoms with van der Waals surface area (Å²) in [5, 5.41) is 20.3. The van der Waals surface area contributed by atoms with Crippen molar-refractivity contribution in [1.82, 2.24) is 0 Å². The van der Waals surface area contributed by atoms with Gasteiger partial charge in [0, 0.05) is 18.8 Å². The fourth-order valence-corrected chi connectivity index (χ4v) is 3.76. The Hall–Kier alpha value is -2.39. The van der Waals surface area contributed by atoms with Gasteiger partial charge in [-0.3, -0.25) is 4.79 Å². The van der Waals surface area contributed by atoms with Crippen LogP contribution in [0.3, 0.4) is 0 Å².